The summed E-state index contributed by atoms with van der Waals surface area (Å²) < 4.78 is 17.0. The monoisotopic (exact) mass is 818 g/mol. The Kier molecular flexibility index (Phi) is 15.3. The van der Waals surface area contributed by atoms with Crippen LogP contribution in [0.5, 0.6) is 17.2 Å². The molecule has 280 valence electrons. The van der Waals surface area contributed by atoms with Gasteiger partial charge in [0.25, 0.3) is 0 Å². The average molecular weight is 819 g/mol. The molecule has 0 spiro atoms. The van der Waals surface area contributed by atoms with Crippen molar-refractivity contribution in [3.05, 3.63) is 70.3 Å². The van der Waals surface area contributed by atoms with Gasteiger partial charge in [0.15, 0.2) is 0 Å². The van der Waals surface area contributed by atoms with Gasteiger partial charge in [-0.1, -0.05) is 46.3 Å². The second kappa shape index (κ2) is 17.5. The Morgan fingerprint density at radius 1 is 0.880 bits per heavy atom. The summed E-state index contributed by atoms with van der Waals surface area (Å²) in [6.45, 7) is 27.5. The first kappa shape index (κ1) is 43.8. The Balaban J connectivity index is 2.52. The molecule has 0 saturated carbocycles. The molecule has 2 rings (SSSR count). The van der Waals surface area contributed by atoms with E-state index in [1.807, 2.05) is 59.1 Å². The van der Waals surface area contributed by atoms with Crippen molar-refractivity contribution in [2.75, 3.05) is 0 Å². The summed E-state index contributed by atoms with van der Waals surface area (Å²) >= 11 is -2.13. The van der Waals surface area contributed by atoms with Gasteiger partial charge < -0.3 is 4.74 Å². The fraction of sp³-hybridized carbons (Fsp3) is 0.537. The van der Waals surface area contributed by atoms with Crippen molar-refractivity contribution < 1.29 is 41.7 Å². The normalized spacial score (nSPS) is 12.4. The first-order valence-electron chi connectivity index (χ1n) is 17.0. The quantitative estimate of drug-likeness (QED) is 0.0361. The van der Waals surface area contributed by atoms with Crippen molar-refractivity contribution in [1.29, 1.82) is 0 Å². The first-order chi connectivity index (χ1) is 22.8. The van der Waals surface area contributed by atoms with Gasteiger partial charge in [-0.3, -0.25) is 9.59 Å². The molecule has 9 heteroatoms. The summed E-state index contributed by atoms with van der Waals surface area (Å²) in [5.41, 5.74) is 4.52. The summed E-state index contributed by atoms with van der Waals surface area (Å²) in [5, 5.41) is 0. The maximum atomic E-state index is 13.7. The molecule has 0 fully saturated rings. The Labute approximate surface area is 314 Å². The molecule has 0 aliphatic rings. The molecule has 6 nitrogen and oxygen atoms in total. The van der Waals surface area contributed by atoms with Gasteiger partial charge in [0.1, 0.15) is 18.0 Å². The molecule has 0 saturated heterocycles. The Morgan fingerprint density at radius 3 is 1.96 bits per heavy atom. The summed E-state index contributed by atoms with van der Waals surface area (Å²) in [6.07, 6.45) is 3.32. The fourth-order valence-electron chi connectivity index (χ4n) is 5.65. The van der Waals surface area contributed by atoms with Crippen LogP contribution < -0.4 is 9.47 Å². The van der Waals surface area contributed by atoms with Crippen molar-refractivity contribution >= 4 is 41.7 Å². The van der Waals surface area contributed by atoms with Crippen LogP contribution in [-0.4, -0.2) is 28.4 Å². The van der Waals surface area contributed by atoms with Crippen LogP contribution in [0.25, 0.3) is 0 Å². The van der Waals surface area contributed by atoms with Crippen LogP contribution in [0.4, 0.5) is 0 Å². The van der Waals surface area contributed by atoms with E-state index in [4.69, 9.17) is 28.9 Å². The molecule has 0 amide bonds. The van der Waals surface area contributed by atoms with E-state index in [0.717, 1.165) is 22.4 Å². The van der Waals surface area contributed by atoms with Crippen molar-refractivity contribution in [2.45, 2.75) is 140 Å². The predicted octanol–water partition coefficient (Wildman–Crippen LogP) is 11.4. The molecular weight excluding hydrogens is 760 g/mol. The second-order valence-electron chi connectivity index (χ2n) is 16.0. The van der Waals surface area contributed by atoms with Crippen molar-refractivity contribution in [3.63, 3.8) is 0 Å². The summed E-state index contributed by atoms with van der Waals surface area (Å²) in [5.74, 6) is 0.617. The van der Waals surface area contributed by atoms with E-state index in [2.05, 4.69) is 57.4 Å². The third kappa shape index (κ3) is 11.6. The third-order valence-electron chi connectivity index (χ3n) is 9.24. The number of esters is 2. The number of rotatable bonds is 14. The number of allylic oxidation sites excluding steroid dienone is 2. The maximum absolute atomic E-state index is 13.7. The number of halogens is 2. The zero-order valence-corrected chi connectivity index (χ0v) is 35.8. The van der Waals surface area contributed by atoms with Crippen LogP contribution in [0, 0.1) is 33.3 Å². The van der Waals surface area contributed by atoms with Gasteiger partial charge in [0, 0.05) is 5.41 Å². The van der Waals surface area contributed by atoms with Gasteiger partial charge in [-0.15, -0.1) is 0 Å². The van der Waals surface area contributed by atoms with E-state index in [0.29, 0.717) is 41.0 Å². The first-order valence-corrected chi connectivity index (χ1v) is 22.5. The van der Waals surface area contributed by atoms with Crippen LogP contribution >= 0.6 is 19.4 Å². The number of hydrogen-bond donors (Lipinski definition) is 0. The van der Waals surface area contributed by atoms with Crippen LogP contribution in [0.1, 0.15) is 135 Å². The molecule has 2 aromatic carbocycles. The van der Waals surface area contributed by atoms with Crippen molar-refractivity contribution in [1.82, 2.24) is 0 Å². The van der Waals surface area contributed by atoms with E-state index < -0.39 is 30.3 Å². The van der Waals surface area contributed by atoms with Crippen LogP contribution in [-0.2, 0) is 43.1 Å². The zero-order chi connectivity index (χ0) is 38.5. The van der Waals surface area contributed by atoms with Gasteiger partial charge in [-0.25, -0.2) is 0 Å². The van der Waals surface area contributed by atoms with Gasteiger partial charge in [-0.2, -0.15) is 0 Å². The Morgan fingerprint density at radius 2 is 1.44 bits per heavy atom. The minimum absolute atomic E-state index is 0.105. The molecule has 0 aromatic heterocycles. The standard InChI is InChI=1S/C41H58O6.2ClH.Ru/c1-25(2)19-21-41(14,15)36-30(8)37(46-35(44)24-33(42)39(9,10)11)28(6)29(7)38(36)45-34(43)20-22-40(12,13)31-17-18-32(27(5)23-31)47(16)26(3)4;;;/h5,17-19,23,26H,16,20-22,24H2,1-4,6-15H3;2*1H;/q;;;+2/p-2. The molecule has 0 unspecified atom stereocenters. The molecular formula is C41H58Cl2O6Ru. The number of carbonyl (C=O) groups excluding carboxylic acids is 3. The predicted molar refractivity (Wildman–Crippen MR) is 205 cm³/mol. The third-order valence-corrected chi connectivity index (χ3v) is 11.1. The molecule has 50 heavy (non-hydrogen) atoms. The summed E-state index contributed by atoms with van der Waals surface area (Å²) in [7, 11) is 16.7. The number of Topliss-reactive ketones (excluding diaryl/α,β-unsaturated/α-hetero) is 1. The summed E-state index contributed by atoms with van der Waals surface area (Å²) in [6, 6.07) is 6.14. The van der Waals surface area contributed by atoms with E-state index >= 15 is 0 Å². The van der Waals surface area contributed by atoms with Gasteiger partial charge in [0.05, 0.1) is 0 Å². The SMILES string of the molecule is [CH2-][O+](c1ccc(C(C)(C)CCC(=O)Oc2c(C)c(C)c(OC(=O)CC(=O)C(C)(C)C)c(C)c2C(C)(C)CC=C(C)C)cc1[CH]=[Ru]([Cl])[Cl])C(C)C. The number of hydrogen-bond acceptors (Lipinski definition) is 5. The zero-order valence-electron chi connectivity index (χ0n) is 32.6. The van der Waals surface area contributed by atoms with Gasteiger partial charge in [0.2, 0.25) is 0 Å². The van der Waals surface area contributed by atoms with Crippen molar-refractivity contribution in [2.24, 2.45) is 5.41 Å². The molecule has 0 aliphatic carbocycles. The number of ether oxygens (including phenoxy) is 2. The van der Waals surface area contributed by atoms with E-state index in [1.54, 1.807) is 20.8 Å². The Bertz CT molecular complexity index is 1650. The molecule has 2 aromatic rings. The Hall–Kier alpha value is -2.34. The second-order valence-corrected chi connectivity index (χ2v) is 21.7. The van der Waals surface area contributed by atoms with E-state index in [9.17, 15) is 14.4 Å². The molecule has 0 atom stereocenters. The molecule has 0 bridgehead atoms. The fourth-order valence-corrected chi connectivity index (χ4v) is 7.43. The molecule has 0 radical (unpaired) electrons. The van der Waals surface area contributed by atoms with Crippen LogP contribution in [0.15, 0.2) is 29.8 Å². The number of carbonyl (C=O) groups is 3. The topological polar surface area (TPSA) is 72.4 Å². The molecule has 0 aliphatic heterocycles. The molecule has 0 heterocycles. The number of benzene rings is 2. The van der Waals surface area contributed by atoms with Gasteiger partial charge >= 0.3 is 198 Å². The van der Waals surface area contributed by atoms with Crippen molar-refractivity contribution in [3.8, 4) is 17.2 Å². The summed E-state index contributed by atoms with van der Waals surface area (Å²) in [4.78, 5) is 39.3. The van der Waals surface area contributed by atoms with Gasteiger partial charge in [-0.05, 0) is 34.1 Å². The number of ketones is 1. The molecule has 0 N–H and O–H groups in total. The van der Waals surface area contributed by atoms with E-state index in [-0.39, 0.29) is 36.1 Å². The van der Waals surface area contributed by atoms with Crippen LogP contribution in [0.3, 0.4) is 0 Å². The average Bonchev–Trinajstić information content (AvgIpc) is 2.98. The van der Waals surface area contributed by atoms with Crippen LogP contribution in [0.2, 0.25) is 0 Å². The van der Waals surface area contributed by atoms with E-state index in [1.165, 1.54) is 5.57 Å². The minimum atomic E-state index is -2.13.